The number of nitrogens with two attached hydrogens (primary N) is 1. The molecule has 0 saturated heterocycles. The van der Waals surface area contributed by atoms with Gasteiger partial charge in [0.15, 0.2) is 0 Å². The van der Waals surface area contributed by atoms with Crippen LogP contribution in [0.1, 0.15) is 12.5 Å². The number of halogens is 1. The fourth-order valence-electron chi connectivity index (χ4n) is 1.10. The lowest BCUT2D eigenvalue weighted by molar-refractivity contribution is -0.385. The number of carbonyl (C=O) groups is 1. The Labute approximate surface area is 99.3 Å². The van der Waals surface area contributed by atoms with E-state index in [1.807, 2.05) is 0 Å². The number of hydrogen-bond acceptors (Lipinski definition) is 4. The van der Waals surface area contributed by atoms with Crippen molar-refractivity contribution in [3.63, 3.8) is 0 Å². The molecule has 1 aromatic rings. The standard InChI is InChI=1S/C9H9BrN2O4/c1-9(11,8(13)14)5-2-6(10)4-7(3-5)12(15)16/h2-4H,11H2,1H3,(H,13,14)/t9-/m1/s1. The van der Waals surface area contributed by atoms with E-state index < -0.39 is 16.4 Å². The van der Waals surface area contributed by atoms with Gasteiger partial charge in [0.2, 0.25) is 0 Å². The van der Waals surface area contributed by atoms with Crippen LogP contribution in [-0.4, -0.2) is 16.0 Å². The molecule has 1 rings (SSSR count). The zero-order chi connectivity index (χ0) is 12.5. The molecule has 6 nitrogen and oxygen atoms in total. The number of non-ortho nitro benzene ring substituents is 1. The molecule has 0 fully saturated rings. The first kappa shape index (κ1) is 12.6. The topological polar surface area (TPSA) is 106 Å². The first-order valence-corrected chi connectivity index (χ1v) is 5.02. The van der Waals surface area contributed by atoms with Gasteiger partial charge in [0, 0.05) is 16.6 Å². The van der Waals surface area contributed by atoms with Crippen molar-refractivity contribution >= 4 is 27.6 Å². The van der Waals surface area contributed by atoms with Crippen LogP contribution >= 0.6 is 15.9 Å². The van der Waals surface area contributed by atoms with Crippen LogP contribution in [0.2, 0.25) is 0 Å². The highest BCUT2D eigenvalue weighted by molar-refractivity contribution is 9.10. The van der Waals surface area contributed by atoms with Gasteiger partial charge in [0.05, 0.1) is 4.92 Å². The molecule has 0 radical (unpaired) electrons. The fourth-order valence-corrected chi connectivity index (χ4v) is 1.58. The second-order valence-corrected chi connectivity index (χ2v) is 4.38. The van der Waals surface area contributed by atoms with E-state index in [0.29, 0.717) is 4.47 Å². The normalized spacial score (nSPS) is 14.2. The number of nitro benzene ring substituents is 1. The van der Waals surface area contributed by atoms with Crippen LogP contribution in [0, 0.1) is 10.1 Å². The number of rotatable bonds is 3. The molecule has 0 spiro atoms. The first-order valence-electron chi connectivity index (χ1n) is 4.23. The molecule has 0 saturated carbocycles. The summed E-state index contributed by atoms with van der Waals surface area (Å²) in [5.74, 6) is -1.25. The highest BCUT2D eigenvalue weighted by Crippen LogP contribution is 2.27. The van der Waals surface area contributed by atoms with E-state index in [0.717, 1.165) is 6.07 Å². The monoisotopic (exact) mass is 288 g/mol. The van der Waals surface area contributed by atoms with Gasteiger partial charge in [-0.15, -0.1) is 0 Å². The molecule has 0 aliphatic heterocycles. The third-order valence-corrected chi connectivity index (χ3v) is 2.60. The third kappa shape index (κ3) is 2.37. The smallest absolute Gasteiger partial charge is 0.328 e. The second-order valence-electron chi connectivity index (χ2n) is 3.46. The van der Waals surface area contributed by atoms with Gasteiger partial charge in [-0.1, -0.05) is 15.9 Å². The number of nitrogens with zero attached hydrogens (tertiary/aromatic N) is 1. The zero-order valence-corrected chi connectivity index (χ0v) is 9.89. The Bertz CT molecular complexity index is 459. The van der Waals surface area contributed by atoms with Crippen LogP contribution in [-0.2, 0) is 10.3 Å². The Balaban J connectivity index is 3.35. The van der Waals surface area contributed by atoms with Gasteiger partial charge in [-0.05, 0) is 18.6 Å². The zero-order valence-electron chi connectivity index (χ0n) is 8.31. The number of nitro groups is 1. The highest BCUT2D eigenvalue weighted by atomic mass is 79.9. The molecule has 0 aliphatic carbocycles. The average Bonchev–Trinajstić information content (AvgIpc) is 2.16. The lowest BCUT2D eigenvalue weighted by Gasteiger charge is -2.19. The lowest BCUT2D eigenvalue weighted by Crippen LogP contribution is -2.41. The van der Waals surface area contributed by atoms with E-state index in [4.69, 9.17) is 10.8 Å². The van der Waals surface area contributed by atoms with E-state index in [2.05, 4.69) is 15.9 Å². The van der Waals surface area contributed by atoms with Crippen molar-refractivity contribution in [2.24, 2.45) is 5.73 Å². The maximum Gasteiger partial charge on any atom is 0.328 e. The van der Waals surface area contributed by atoms with Crippen molar-refractivity contribution < 1.29 is 14.8 Å². The van der Waals surface area contributed by atoms with E-state index in [9.17, 15) is 14.9 Å². The Morgan fingerprint density at radius 1 is 1.56 bits per heavy atom. The number of hydrogen-bond donors (Lipinski definition) is 2. The molecule has 3 N–H and O–H groups in total. The van der Waals surface area contributed by atoms with Crippen LogP contribution in [0.4, 0.5) is 5.69 Å². The van der Waals surface area contributed by atoms with Gasteiger partial charge in [0.1, 0.15) is 5.54 Å². The van der Waals surface area contributed by atoms with Gasteiger partial charge in [-0.2, -0.15) is 0 Å². The average molecular weight is 289 g/mol. The Kier molecular flexibility index (Phi) is 3.30. The maximum absolute atomic E-state index is 10.9. The Morgan fingerprint density at radius 3 is 2.56 bits per heavy atom. The predicted octanol–water partition coefficient (Wildman–Crippen LogP) is 1.62. The van der Waals surface area contributed by atoms with Crippen LogP contribution < -0.4 is 5.73 Å². The summed E-state index contributed by atoms with van der Waals surface area (Å²) in [4.78, 5) is 20.9. The molecule has 7 heteroatoms. The minimum atomic E-state index is -1.66. The van der Waals surface area contributed by atoms with E-state index in [1.165, 1.54) is 19.1 Å². The Morgan fingerprint density at radius 2 is 2.12 bits per heavy atom. The van der Waals surface area contributed by atoms with Gasteiger partial charge >= 0.3 is 5.97 Å². The quantitative estimate of drug-likeness (QED) is 0.649. The molecular weight excluding hydrogens is 280 g/mol. The van der Waals surface area contributed by atoms with E-state index >= 15 is 0 Å². The summed E-state index contributed by atoms with van der Waals surface area (Å²) >= 11 is 3.07. The van der Waals surface area contributed by atoms with Crippen molar-refractivity contribution in [1.29, 1.82) is 0 Å². The van der Waals surface area contributed by atoms with Gasteiger partial charge in [-0.3, -0.25) is 10.1 Å². The van der Waals surface area contributed by atoms with Crippen LogP contribution in [0.25, 0.3) is 0 Å². The third-order valence-electron chi connectivity index (χ3n) is 2.14. The number of carboxylic acid groups (broad SMARTS) is 1. The van der Waals surface area contributed by atoms with Crippen LogP contribution in [0.15, 0.2) is 22.7 Å². The number of carboxylic acids is 1. The van der Waals surface area contributed by atoms with Crippen molar-refractivity contribution in [2.75, 3.05) is 0 Å². The van der Waals surface area contributed by atoms with Crippen molar-refractivity contribution in [1.82, 2.24) is 0 Å². The number of aliphatic carboxylic acids is 1. The second kappa shape index (κ2) is 4.18. The summed E-state index contributed by atoms with van der Waals surface area (Å²) in [7, 11) is 0. The van der Waals surface area contributed by atoms with Crippen molar-refractivity contribution in [2.45, 2.75) is 12.5 Å². The molecule has 16 heavy (non-hydrogen) atoms. The highest BCUT2D eigenvalue weighted by Gasteiger charge is 2.31. The van der Waals surface area contributed by atoms with Crippen LogP contribution in [0.3, 0.4) is 0 Å². The van der Waals surface area contributed by atoms with Crippen molar-refractivity contribution in [3.8, 4) is 0 Å². The Hall–Kier alpha value is -1.47. The summed E-state index contributed by atoms with van der Waals surface area (Å²) in [6, 6.07) is 3.88. The SMILES string of the molecule is C[C@](N)(C(=O)O)c1cc(Br)cc([N+](=O)[O-])c1. The van der Waals surface area contributed by atoms with E-state index in [-0.39, 0.29) is 11.3 Å². The molecule has 0 heterocycles. The molecule has 86 valence electrons. The molecule has 0 bridgehead atoms. The molecule has 0 aliphatic rings. The summed E-state index contributed by atoms with van der Waals surface area (Å²) in [6.45, 7) is 1.28. The predicted molar refractivity (Wildman–Crippen MR) is 60.0 cm³/mol. The van der Waals surface area contributed by atoms with E-state index in [1.54, 1.807) is 0 Å². The van der Waals surface area contributed by atoms with Crippen LogP contribution in [0.5, 0.6) is 0 Å². The summed E-state index contributed by atoms with van der Waals surface area (Å²) in [6.07, 6.45) is 0. The lowest BCUT2D eigenvalue weighted by atomic mass is 9.93. The largest absolute Gasteiger partial charge is 0.480 e. The fraction of sp³-hybridized carbons (Fsp3) is 0.222. The molecular formula is C9H9BrN2O4. The summed E-state index contributed by atoms with van der Waals surface area (Å²) in [5, 5.41) is 19.5. The molecule has 1 aromatic carbocycles. The van der Waals surface area contributed by atoms with Gasteiger partial charge < -0.3 is 10.8 Å². The maximum atomic E-state index is 10.9. The van der Waals surface area contributed by atoms with Crippen molar-refractivity contribution in [3.05, 3.63) is 38.3 Å². The molecule has 0 aromatic heterocycles. The minimum Gasteiger partial charge on any atom is -0.480 e. The summed E-state index contributed by atoms with van der Waals surface area (Å²) < 4.78 is 0.412. The molecule has 0 amide bonds. The van der Waals surface area contributed by atoms with Gasteiger partial charge in [-0.25, -0.2) is 4.79 Å². The first-order chi connectivity index (χ1) is 7.25. The number of benzene rings is 1. The minimum absolute atomic E-state index is 0.168. The molecule has 0 unspecified atom stereocenters. The van der Waals surface area contributed by atoms with Gasteiger partial charge in [0.25, 0.3) is 5.69 Å². The molecule has 1 atom stereocenters. The summed E-state index contributed by atoms with van der Waals surface area (Å²) in [5.41, 5.74) is 3.88.